The minimum Gasteiger partial charge on any atom is -0.481 e. The fourth-order valence-electron chi connectivity index (χ4n) is 3.17. The van der Waals surface area contributed by atoms with Crippen LogP contribution in [0.1, 0.15) is 22.8 Å². The summed E-state index contributed by atoms with van der Waals surface area (Å²) in [6, 6.07) is 26.9. The van der Waals surface area contributed by atoms with Crippen molar-refractivity contribution >= 4 is 40.5 Å². The zero-order valence-electron chi connectivity index (χ0n) is 18.3. The summed E-state index contributed by atoms with van der Waals surface area (Å²) in [5.74, 6) is 0.0464. The number of amides is 1. The number of ether oxygens (including phenoxy) is 2. The van der Waals surface area contributed by atoms with Gasteiger partial charge in [0.15, 0.2) is 6.10 Å². The minimum atomic E-state index is -0.732. The Morgan fingerprint density at radius 3 is 2.32 bits per heavy atom. The third-order valence-corrected chi connectivity index (χ3v) is 5.31. The molecule has 34 heavy (non-hydrogen) atoms. The van der Waals surface area contributed by atoms with Crippen molar-refractivity contribution in [1.82, 2.24) is 5.43 Å². The van der Waals surface area contributed by atoms with E-state index >= 15 is 0 Å². The van der Waals surface area contributed by atoms with E-state index in [2.05, 4.69) is 10.5 Å². The van der Waals surface area contributed by atoms with Crippen molar-refractivity contribution in [3.63, 3.8) is 0 Å². The molecule has 0 saturated heterocycles. The topological polar surface area (TPSA) is 77.0 Å². The van der Waals surface area contributed by atoms with Crippen LogP contribution in [0, 0.1) is 0 Å². The lowest BCUT2D eigenvalue weighted by Crippen LogP contribution is -2.33. The molecule has 170 valence electrons. The molecule has 4 rings (SSSR count). The van der Waals surface area contributed by atoms with Crippen molar-refractivity contribution in [2.24, 2.45) is 5.10 Å². The standard InChI is InChI=1S/C27H21ClN2O4/c1-18(33-23-15-12-20-6-2-3-7-21(20)16-23)26(31)30-29-17-19-10-13-22(14-11-19)34-27(32)24-8-4-5-9-25(24)28/h2-18H,1H3,(H,30,31). The summed E-state index contributed by atoms with van der Waals surface area (Å²) in [5, 5.41) is 6.43. The van der Waals surface area contributed by atoms with Crippen LogP contribution >= 0.6 is 11.6 Å². The third-order valence-electron chi connectivity index (χ3n) is 4.98. The van der Waals surface area contributed by atoms with E-state index in [1.165, 1.54) is 6.21 Å². The lowest BCUT2D eigenvalue weighted by molar-refractivity contribution is -0.127. The summed E-state index contributed by atoms with van der Waals surface area (Å²) < 4.78 is 11.1. The Balaban J connectivity index is 1.29. The van der Waals surface area contributed by atoms with Crippen LogP contribution in [0.15, 0.2) is 96.1 Å². The maximum atomic E-state index is 12.3. The summed E-state index contributed by atoms with van der Waals surface area (Å²) in [6.45, 7) is 1.65. The van der Waals surface area contributed by atoms with Gasteiger partial charge in [0, 0.05) is 0 Å². The average molecular weight is 473 g/mol. The minimum absolute atomic E-state index is 0.289. The van der Waals surface area contributed by atoms with Gasteiger partial charge in [-0.1, -0.05) is 54.1 Å². The number of nitrogens with zero attached hydrogens (tertiary/aromatic N) is 1. The molecule has 0 aliphatic carbocycles. The third kappa shape index (κ3) is 5.79. The molecule has 4 aromatic rings. The van der Waals surface area contributed by atoms with Gasteiger partial charge in [-0.25, -0.2) is 10.2 Å². The Bertz CT molecular complexity index is 1350. The molecular formula is C27H21ClN2O4. The van der Waals surface area contributed by atoms with E-state index in [4.69, 9.17) is 21.1 Å². The summed E-state index contributed by atoms with van der Waals surface area (Å²) in [4.78, 5) is 24.6. The van der Waals surface area contributed by atoms with Crippen LogP contribution in [-0.4, -0.2) is 24.2 Å². The van der Waals surface area contributed by atoms with Crippen LogP contribution in [0.25, 0.3) is 10.8 Å². The molecule has 0 fully saturated rings. The number of esters is 1. The lowest BCUT2D eigenvalue weighted by atomic mass is 10.1. The van der Waals surface area contributed by atoms with Gasteiger partial charge in [-0.3, -0.25) is 4.79 Å². The predicted molar refractivity (Wildman–Crippen MR) is 133 cm³/mol. The number of benzene rings is 4. The predicted octanol–water partition coefficient (Wildman–Crippen LogP) is 5.63. The molecule has 1 atom stereocenters. The summed E-state index contributed by atoms with van der Waals surface area (Å²) >= 11 is 6.02. The van der Waals surface area contributed by atoms with Gasteiger partial charge in [0.25, 0.3) is 5.91 Å². The molecule has 0 heterocycles. The van der Waals surface area contributed by atoms with E-state index < -0.39 is 12.1 Å². The first-order chi connectivity index (χ1) is 16.5. The smallest absolute Gasteiger partial charge is 0.345 e. The Morgan fingerprint density at radius 1 is 0.882 bits per heavy atom. The number of fused-ring (bicyclic) bond motifs is 1. The Labute approximate surface area is 201 Å². The van der Waals surface area contributed by atoms with E-state index in [0.717, 1.165) is 10.8 Å². The van der Waals surface area contributed by atoms with Crippen molar-refractivity contribution in [3.05, 3.63) is 107 Å². The van der Waals surface area contributed by atoms with Gasteiger partial charge >= 0.3 is 5.97 Å². The number of hydrogen-bond acceptors (Lipinski definition) is 5. The fourth-order valence-corrected chi connectivity index (χ4v) is 3.38. The van der Waals surface area contributed by atoms with Gasteiger partial charge in [0.2, 0.25) is 0 Å². The summed E-state index contributed by atoms with van der Waals surface area (Å²) in [5.41, 5.74) is 3.47. The highest BCUT2D eigenvalue weighted by Crippen LogP contribution is 2.22. The summed E-state index contributed by atoms with van der Waals surface area (Å²) in [6.07, 6.45) is 0.755. The molecule has 1 unspecified atom stereocenters. The highest BCUT2D eigenvalue weighted by atomic mass is 35.5. The van der Waals surface area contributed by atoms with E-state index in [9.17, 15) is 9.59 Å². The monoisotopic (exact) mass is 472 g/mol. The van der Waals surface area contributed by atoms with Crippen LogP contribution in [0.5, 0.6) is 11.5 Å². The molecule has 0 aliphatic heterocycles. The maximum absolute atomic E-state index is 12.3. The number of hydrogen-bond donors (Lipinski definition) is 1. The maximum Gasteiger partial charge on any atom is 0.345 e. The second-order valence-corrected chi connectivity index (χ2v) is 7.85. The van der Waals surface area contributed by atoms with Gasteiger partial charge in [-0.2, -0.15) is 5.10 Å². The number of hydrazone groups is 1. The van der Waals surface area contributed by atoms with Crippen molar-refractivity contribution in [2.45, 2.75) is 13.0 Å². The summed E-state index contributed by atoms with van der Waals surface area (Å²) in [7, 11) is 0. The highest BCUT2D eigenvalue weighted by Gasteiger charge is 2.14. The second kappa shape index (κ2) is 10.6. The zero-order chi connectivity index (χ0) is 23.9. The highest BCUT2D eigenvalue weighted by molar-refractivity contribution is 6.33. The van der Waals surface area contributed by atoms with Gasteiger partial charge < -0.3 is 9.47 Å². The number of carbonyl (C=O) groups excluding carboxylic acids is 2. The molecule has 1 amide bonds. The SMILES string of the molecule is CC(Oc1ccc2ccccc2c1)C(=O)NN=Cc1ccc(OC(=O)c2ccccc2Cl)cc1. The van der Waals surface area contributed by atoms with Gasteiger partial charge in [0.1, 0.15) is 11.5 Å². The largest absolute Gasteiger partial charge is 0.481 e. The number of nitrogens with one attached hydrogen (secondary N) is 1. The van der Waals surface area contributed by atoms with E-state index in [1.54, 1.807) is 55.5 Å². The molecule has 0 bridgehead atoms. The van der Waals surface area contributed by atoms with Gasteiger partial charge in [-0.05, 0) is 71.8 Å². The normalized spacial score (nSPS) is 11.8. The van der Waals surface area contributed by atoms with Crippen LogP contribution in [0.4, 0.5) is 0 Å². The van der Waals surface area contributed by atoms with Crippen molar-refractivity contribution in [3.8, 4) is 11.5 Å². The Kier molecular flexibility index (Phi) is 7.20. The Morgan fingerprint density at radius 2 is 1.56 bits per heavy atom. The molecule has 0 aliphatic rings. The quantitative estimate of drug-likeness (QED) is 0.164. The van der Waals surface area contributed by atoms with Crippen LogP contribution < -0.4 is 14.9 Å². The van der Waals surface area contributed by atoms with Crippen LogP contribution in [-0.2, 0) is 4.79 Å². The average Bonchev–Trinajstić information content (AvgIpc) is 2.85. The lowest BCUT2D eigenvalue weighted by Gasteiger charge is -2.13. The van der Waals surface area contributed by atoms with Crippen molar-refractivity contribution in [1.29, 1.82) is 0 Å². The van der Waals surface area contributed by atoms with Crippen molar-refractivity contribution in [2.75, 3.05) is 0 Å². The molecule has 7 heteroatoms. The van der Waals surface area contributed by atoms with E-state index in [-0.39, 0.29) is 11.5 Å². The van der Waals surface area contributed by atoms with E-state index in [1.807, 2.05) is 42.5 Å². The van der Waals surface area contributed by atoms with Crippen LogP contribution in [0.2, 0.25) is 5.02 Å². The molecular weight excluding hydrogens is 452 g/mol. The zero-order valence-corrected chi connectivity index (χ0v) is 19.0. The molecule has 0 radical (unpaired) electrons. The Hall–Kier alpha value is -4.16. The first kappa shape index (κ1) is 23.0. The molecule has 0 aromatic heterocycles. The van der Waals surface area contributed by atoms with Crippen LogP contribution in [0.3, 0.4) is 0 Å². The first-order valence-electron chi connectivity index (χ1n) is 10.5. The van der Waals surface area contributed by atoms with Gasteiger partial charge in [-0.15, -0.1) is 0 Å². The first-order valence-corrected chi connectivity index (χ1v) is 10.9. The second-order valence-electron chi connectivity index (χ2n) is 7.44. The number of carbonyl (C=O) groups is 2. The molecule has 4 aromatic carbocycles. The van der Waals surface area contributed by atoms with Gasteiger partial charge in [0.05, 0.1) is 16.8 Å². The van der Waals surface area contributed by atoms with E-state index in [0.29, 0.717) is 22.1 Å². The number of halogens is 1. The number of rotatable bonds is 7. The molecule has 0 spiro atoms. The fraction of sp³-hybridized carbons (Fsp3) is 0.0741. The molecule has 0 saturated carbocycles. The molecule has 6 nitrogen and oxygen atoms in total. The van der Waals surface area contributed by atoms with Crippen molar-refractivity contribution < 1.29 is 19.1 Å². The molecule has 1 N–H and O–H groups in total.